The van der Waals surface area contributed by atoms with E-state index >= 15 is 4.79 Å². The van der Waals surface area contributed by atoms with Gasteiger partial charge < -0.3 is 9.84 Å². The van der Waals surface area contributed by atoms with Gasteiger partial charge in [0.2, 0.25) is 23.6 Å². The molecule has 13 nitrogen and oxygen atoms in total. The SMILES string of the molecule is COc1cc([C@H]2C3=CC[C@@H]4C(=O)N(c5ccc([N+](=O)[O-])cc5)C(=O)[C@@H]4[C@@H]3C[C@H]3C(=O)N(c4cc(-c5sc6ccc(Cl)cc6c5C)nn4C)C(=O)[C@@]23C)cc(Cl)c1O. The maximum absolute atomic E-state index is 15.2. The highest BCUT2D eigenvalue weighted by Gasteiger charge is 2.68. The number of carbonyl (C=O) groups excluding carboxylic acids is 4. The van der Waals surface area contributed by atoms with E-state index in [0.29, 0.717) is 21.9 Å². The number of amides is 4. The van der Waals surface area contributed by atoms with Gasteiger partial charge in [0.25, 0.3) is 5.69 Å². The van der Waals surface area contributed by atoms with Gasteiger partial charge in [-0.05, 0) is 91.6 Å². The number of nitro groups is 1. The van der Waals surface area contributed by atoms with E-state index in [1.54, 1.807) is 32.2 Å². The summed E-state index contributed by atoms with van der Waals surface area (Å²) in [6, 6.07) is 15.8. The van der Waals surface area contributed by atoms with Gasteiger partial charge in [0.1, 0.15) is 11.5 Å². The first-order valence-electron chi connectivity index (χ1n) is 18.2. The summed E-state index contributed by atoms with van der Waals surface area (Å²) in [7, 11) is 3.05. The van der Waals surface area contributed by atoms with Crippen molar-refractivity contribution in [3.05, 3.63) is 104 Å². The van der Waals surface area contributed by atoms with Gasteiger partial charge in [0, 0.05) is 40.9 Å². The standard InChI is InChI=1S/C41H33Cl2N5O8S/c1-18-25-15-20(42)5-12-31(25)57-36(18)29-17-32(45(3)44-29)47-38(51)27-16-26-23(34(41(27,2)40(47)53)19-13-28(43)35(49)30(14-19)56-4)10-11-24-33(26)39(52)46(37(24)50)21-6-8-22(9-7-21)48(54)55/h5-10,12-15,17,24,26-27,33-34,49H,11,16H2,1-4H3/t24-,26+,27-,33-,34-,41+/m0/s1. The lowest BCUT2D eigenvalue weighted by molar-refractivity contribution is -0.384. The molecule has 16 heteroatoms. The monoisotopic (exact) mass is 825 g/mol. The average Bonchev–Trinajstić information content (AvgIpc) is 3.86. The molecule has 1 N–H and O–H groups in total. The van der Waals surface area contributed by atoms with Crippen LogP contribution >= 0.6 is 34.5 Å². The molecule has 1 saturated carbocycles. The summed E-state index contributed by atoms with van der Waals surface area (Å²) in [4.78, 5) is 72.5. The number of halogens is 2. The molecule has 57 heavy (non-hydrogen) atoms. The maximum Gasteiger partial charge on any atom is 0.269 e. The third-order valence-electron chi connectivity index (χ3n) is 12.4. The molecule has 4 heterocycles. The van der Waals surface area contributed by atoms with Gasteiger partial charge in [0.15, 0.2) is 11.5 Å². The molecule has 3 aromatic carbocycles. The third kappa shape index (κ3) is 5.23. The summed E-state index contributed by atoms with van der Waals surface area (Å²) in [5, 5.41) is 28.4. The van der Waals surface area contributed by atoms with Gasteiger partial charge >= 0.3 is 0 Å². The van der Waals surface area contributed by atoms with Gasteiger partial charge in [-0.3, -0.25) is 38.9 Å². The first-order valence-corrected chi connectivity index (χ1v) is 19.7. The minimum atomic E-state index is -1.41. The Bertz CT molecular complexity index is 2670. The predicted octanol–water partition coefficient (Wildman–Crippen LogP) is 7.97. The zero-order valence-corrected chi connectivity index (χ0v) is 33.2. The Morgan fingerprint density at radius 3 is 2.42 bits per heavy atom. The summed E-state index contributed by atoms with van der Waals surface area (Å²) in [6.45, 7) is 3.73. The normalized spacial score (nSPS) is 25.5. The number of nitro benzene ring substituents is 1. The molecule has 2 saturated heterocycles. The van der Waals surface area contributed by atoms with Crippen molar-refractivity contribution in [2.45, 2.75) is 32.6 Å². The van der Waals surface area contributed by atoms with Gasteiger partial charge in [-0.25, -0.2) is 4.90 Å². The molecular formula is C41H33Cl2N5O8S. The van der Waals surface area contributed by atoms with Crippen LogP contribution in [-0.2, 0) is 26.2 Å². The van der Waals surface area contributed by atoms with Crippen molar-refractivity contribution in [2.24, 2.45) is 36.1 Å². The molecule has 2 aliphatic carbocycles. The number of non-ortho nitro benzene ring substituents is 1. The average molecular weight is 827 g/mol. The number of benzene rings is 3. The number of rotatable bonds is 6. The highest BCUT2D eigenvalue weighted by Crippen LogP contribution is 2.64. The minimum Gasteiger partial charge on any atom is -0.503 e. The number of anilines is 2. The van der Waals surface area contributed by atoms with Gasteiger partial charge in [-0.15, -0.1) is 11.3 Å². The van der Waals surface area contributed by atoms with E-state index in [2.05, 4.69) is 0 Å². The van der Waals surface area contributed by atoms with Crippen molar-refractivity contribution < 1.29 is 33.9 Å². The van der Waals surface area contributed by atoms with Crippen molar-refractivity contribution in [1.29, 1.82) is 0 Å². The quantitative estimate of drug-likeness (QED) is 0.0774. The molecule has 5 aromatic rings. The van der Waals surface area contributed by atoms with E-state index in [0.717, 1.165) is 25.4 Å². The van der Waals surface area contributed by atoms with Crippen molar-refractivity contribution in [2.75, 3.05) is 16.9 Å². The van der Waals surface area contributed by atoms with Gasteiger partial charge in [-0.1, -0.05) is 34.9 Å². The number of methoxy groups -OCH3 is 1. The molecule has 9 rings (SSSR count). The lowest BCUT2D eigenvalue weighted by Crippen LogP contribution is -2.49. The smallest absolute Gasteiger partial charge is 0.269 e. The van der Waals surface area contributed by atoms with E-state index in [4.69, 9.17) is 33.0 Å². The second-order valence-corrected chi connectivity index (χ2v) is 17.1. The summed E-state index contributed by atoms with van der Waals surface area (Å²) in [6.07, 6.45) is 2.17. The summed E-state index contributed by atoms with van der Waals surface area (Å²) < 4.78 is 8.01. The van der Waals surface area contributed by atoms with Crippen LogP contribution in [0.5, 0.6) is 11.5 Å². The number of imide groups is 2. The zero-order chi connectivity index (χ0) is 40.4. The molecule has 290 valence electrons. The second kappa shape index (κ2) is 13.0. The van der Waals surface area contributed by atoms with Crippen LogP contribution in [0.4, 0.5) is 17.2 Å². The maximum atomic E-state index is 15.2. The van der Waals surface area contributed by atoms with Crippen LogP contribution in [-0.4, -0.2) is 50.5 Å². The lowest BCUT2D eigenvalue weighted by Gasteiger charge is -2.49. The number of phenolic OH excluding ortho intramolecular Hbond substituents is 1. The van der Waals surface area contributed by atoms with E-state index in [1.165, 1.54) is 52.3 Å². The molecule has 0 unspecified atom stereocenters. The number of hydrogen-bond acceptors (Lipinski definition) is 10. The highest BCUT2D eigenvalue weighted by molar-refractivity contribution is 7.22. The van der Waals surface area contributed by atoms with Crippen LogP contribution in [0, 0.1) is 46.1 Å². The van der Waals surface area contributed by atoms with E-state index in [9.17, 15) is 29.6 Å². The first kappa shape index (κ1) is 37.0. The second-order valence-electron chi connectivity index (χ2n) is 15.2. The Hall–Kier alpha value is -5.57. The van der Waals surface area contributed by atoms with Gasteiger partial charge in [0.05, 0.1) is 50.8 Å². The van der Waals surface area contributed by atoms with Gasteiger partial charge in [-0.2, -0.15) is 5.10 Å². The number of carbonyl (C=O) groups is 4. The largest absolute Gasteiger partial charge is 0.503 e. The summed E-state index contributed by atoms with van der Waals surface area (Å²) >= 11 is 14.4. The van der Waals surface area contributed by atoms with Crippen molar-refractivity contribution in [1.82, 2.24) is 9.78 Å². The predicted molar refractivity (Wildman–Crippen MR) is 214 cm³/mol. The van der Waals surface area contributed by atoms with Crippen molar-refractivity contribution in [3.63, 3.8) is 0 Å². The first-order chi connectivity index (χ1) is 27.1. The van der Waals surface area contributed by atoms with Crippen LogP contribution in [0.25, 0.3) is 20.7 Å². The van der Waals surface area contributed by atoms with Crippen LogP contribution in [0.3, 0.4) is 0 Å². The molecule has 0 radical (unpaired) electrons. The molecule has 2 aliphatic heterocycles. The number of ether oxygens (including phenoxy) is 1. The van der Waals surface area contributed by atoms with Crippen LogP contribution in [0.1, 0.15) is 36.8 Å². The number of nitrogens with zero attached hydrogens (tertiary/aromatic N) is 5. The molecular weight excluding hydrogens is 793 g/mol. The zero-order valence-electron chi connectivity index (χ0n) is 30.9. The fourth-order valence-corrected chi connectivity index (χ4v) is 11.3. The molecule has 6 atom stereocenters. The molecule has 2 aromatic heterocycles. The minimum absolute atomic E-state index is 0.0257. The Balaban J connectivity index is 1.16. The van der Waals surface area contributed by atoms with Crippen LogP contribution in [0.15, 0.2) is 72.3 Å². The Morgan fingerprint density at radius 1 is 0.982 bits per heavy atom. The number of thiophene rings is 1. The topological polar surface area (TPSA) is 165 Å². The lowest BCUT2D eigenvalue weighted by atomic mass is 9.51. The van der Waals surface area contributed by atoms with Crippen LogP contribution < -0.4 is 14.5 Å². The Labute approximate surface area is 339 Å². The molecule has 0 spiro atoms. The van der Waals surface area contributed by atoms with E-state index < -0.39 is 63.6 Å². The number of hydrogen-bond donors (Lipinski definition) is 1. The van der Waals surface area contributed by atoms with Crippen molar-refractivity contribution >= 4 is 85.4 Å². The summed E-state index contributed by atoms with van der Waals surface area (Å²) in [5.74, 6) is -5.86. The Morgan fingerprint density at radius 2 is 1.72 bits per heavy atom. The van der Waals surface area contributed by atoms with Crippen LogP contribution in [0.2, 0.25) is 10.0 Å². The number of allylic oxidation sites excluding steroid dienone is 2. The van der Waals surface area contributed by atoms with Crippen molar-refractivity contribution in [3.8, 4) is 22.1 Å². The number of phenols is 1. The third-order valence-corrected chi connectivity index (χ3v) is 14.2. The molecule has 4 amide bonds. The Kier molecular flexibility index (Phi) is 8.43. The number of aromatic nitrogens is 2. The number of aryl methyl sites for hydroxylation is 2. The van der Waals surface area contributed by atoms with E-state index in [1.807, 2.05) is 31.2 Å². The number of aromatic hydroxyl groups is 1. The fraction of sp³-hybridized carbons (Fsp3) is 0.293. The number of fused-ring (bicyclic) bond motifs is 5. The molecule has 3 fully saturated rings. The van der Waals surface area contributed by atoms with E-state index in [-0.39, 0.29) is 46.6 Å². The summed E-state index contributed by atoms with van der Waals surface area (Å²) in [5.41, 5.74) is 1.36. The molecule has 4 aliphatic rings. The fourth-order valence-electron chi connectivity index (χ4n) is 9.72. The highest BCUT2D eigenvalue weighted by atomic mass is 35.5. The molecule has 0 bridgehead atoms.